The van der Waals surface area contributed by atoms with Crippen LogP contribution in [0.25, 0.3) is 0 Å². The Balaban J connectivity index is 2.39. The lowest BCUT2D eigenvalue weighted by molar-refractivity contribution is 0.146. The highest BCUT2D eigenvalue weighted by molar-refractivity contribution is 5.46. The summed E-state index contributed by atoms with van der Waals surface area (Å²) in [4.78, 5) is 0. The quantitative estimate of drug-likeness (QED) is 0.824. The van der Waals surface area contributed by atoms with Crippen molar-refractivity contribution < 1.29 is 14.6 Å². The Bertz CT molecular complexity index is 322. The molecule has 1 aliphatic carbocycles. The third-order valence-corrected chi connectivity index (χ3v) is 2.83. The molecule has 0 spiro atoms. The van der Waals surface area contributed by atoms with E-state index in [9.17, 15) is 5.11 Å². The summed E-state index contributed by atoms with van der Waals surface area (Å²) in [6, 6.07) is 5.56. The second kappa shape index (κ2) is 4.11. The predicted molar refractivity (Wildman–Crippen MR) is 57.2 cm³/mol. The zero-order valence-corrected chi connectivity index (χ0v) is 9.06. The van der Waals surface area contributed by atoms with Gasteiger partial charge < -0.3 is 14.6 Å². The molecule has 0 heterocycles. The highest BCUT2D eigenvalue weighted by Crippen LogP contribution is 2.46. The van der Waals surface area contributed by atoms with Gasteiger partial charge in [0.2, 0.25) is 0 Å². The van der Waals surface area contributed by atoms with Crippen LogP contribution in [0, 0.1) is 5.92 Å². The van der Waals surface area contributed by atoms with Gasteiger partial charge in [-0.15, -0.1) is 0 Å². The molecule has 1 fully saturated rings. The average molecular weight is 208 g/mol. The van der Waals surface area contributed by atoms with E-state index >= 15 is 0 Å². The normalized spacial score (nSPS) is 17.3. The first kappa shape index (κ1) is 10.3. The summed E-state index contributed by atoms with van der Waals surface area (Å²) >= 11 is 0. The second-order valence-electron chi connectivity index (χ2n) is 3.86. The van der Waals surface area contributed by atoms with Crippen LogP contribution in [0.3, 0.4) is 0 Å². The van der Waals surface area contributed by atoms with Crippen molar-refractivity contribution in [3.63, 3.8) is 0 Å². The molecule has 3 nitrogen and oxygen atoms in total. The molecule has 3 heteroatoms. The zero-order chi connectivity index (χ0) is 10.8. The lowest BCUT2D eigenvalue weighted by Crippen LogP contribution is -2.05. The molecule has 1 N–H and O–H groups in total. The van der Waals surface area contributed by atoms with Crippen molar-refractivity contribution in [2.75, 3.05) is 14.2 Å². The third-order valence-electron chi connectivity index (χ3n) is 2.83. The van der Waals surface area contributed by atoms with Crippen LogP contribution in [-0.2, 0) is 0 Å². The summed E-state index contributed by atoms with van der Waals surface area (Å²) in [5.74, 6) is 1.78. The number of benzene rings is 1. The first-order valence-electron chi connectivity index (χ1n) is 5.17. The van der Waals surface area contributed by atoms with Gasteiger partial charge in [-0.3, -0.25) is 0 Å². The Hall–Kier alpha value is -1.22. The van der Waals surface area contributed by atoms with Crippen molar-refractivity contribution in [3.05, 3.63) is 23.8 Å². The van der Waals surface area contributed by atoms with Gasteiger partial charge in [0.1, 0.15) is 11.5 Å². The van der Waals surface area contributed by atoms with Crippen LogP contribution in [0.15, 0.2) is 18.2 Å². The number of aliphatic hydroxyl groups excluding tert-OH is 1. The minimum atomic E-state index is -0.462. The molecule has 2 rings (SSSR count). The molecule has 1 aliphatic rings. The van der Waals surface area contributed by atoms with Gasteiger partial charge in [0.25, 0.3) is 0 Å². The standard InChI is InChI=1S/C12H16O3/c1-14-9-4-3-5-10(15-2)11(9)12(13)8-6-7-8/h3-5,8,12-13H,6-7H2,1-2H3. The summed E-state index contributed by atoms with van der Waals surface area (Å²) in [5, 5.41) is 10.1. The maximum absolute atomic E-state index is 10.1. The molecule has 82 valence electrons. The molecule has 1 aromatic rings. The summed E-state index contributed by atoms with van der Waals surface area (Å²) < 4.78 is 10.5. The van der Waals surface area contributed by atoms with Crippen molar-refractivity contribution in [3.8, 4) is 11.5 Å². The van der Waals surface area contributed by atoms with Crippen LogP contribution in [0.4, 0.5) is 0 Å². The summed E-state index contributed by atoms with van der Waals surface area (Å²) in [7, 11) is 3.22. The van der Waals surface area contributed by atoms with Gasteiger partial charge in [-0.2, -0.15) is 0 Å². The lowest BCUT2D eigenvalue weighted by Gasteiger charge is -2.17. The molecule has 0 bridgehead atoms. The SMILES string of the molecule is COc1cccc(OC)c1C(O)C1CC1. The predicted octanol–water partition coefficient (Wildman–Crippen LogP) is 2.15. The summed E-state index contributed by atoms with van der Waals surface area (Å²) in [6.45, 7) is 0. The molecule has 0 aliphatic heterocycles. The number of hydrogen-bond acceptors (Lipinski definition) is 3. The van der Waals surface area contributed by atoms with Crippen molar-refractivity contribution in [1.29, 1.82) is 0 Å². The fourth-order valence-electron chi connectivity index (χ4n) is 1.82. The van der Waals surface area contributed by atoms with Crippen LogP contribution >= 0.6 is 0 Å². The monoisotopic (exact) mass is 208 g/mol. The summed E-state index contributed by atoms with van der Waals surface area (Å²) in [6.07, 6.45) is 1.71. The maximum atomic E-state index is 10.1. The second-order valence-corrected chi connectivity index (χ2v) is 3.86. The van der Waals surface area contributed by atoms with E-state index in [2.05, 4.69) is 0 Å². The molecule has 0 amide bonds. The largest absolute Gasteiger partial charge is 0.496 e. The third kappa shape index (κ3) is 1.92. The van der Waals surface area contributed by atoms with Gasteiger partial charge in [-0.25, -0.2) is 0 Å². The highest BCUT2D eigenvalue weighted by atomic mass is 16.5. The van der Waals surface area contributed by atoms with E-state index in [0.717, 1.165) is 18.4 Å². The van der Waals surface area contributed by atoms with Crippen LogP contribution < -0.4 is 9.47 Å². The molecule has 15 heavy (non-hydrogen) atoms. The Labute approximate surface area is 89.6 Å². The first-order chi connectivity index (χ1) is 7.27. The fourth-order valence-corrected chi connectivity index (χ4v) is 1.82. The van der Waals surface area contributed by atoms with Crippen LogP contribution in [0.5, 0.6) is 11.5 Å². The average Bonchev–Trinajstić information content (AvgIpc) is 3.10. The molecule has 1 saturated carbocycles. The van der Waals surface area contributed by atoms with Gasteiger partial charge in [0.05, 0.1) is 25.9 Å². The minimum absolute atomic E-state index is 0.371. The Morgan fingerprint density at radius 3 is 2.13 bits per heavy atom. The van der Waals surface area contributed by atoms with E-state index in [0.29, 0.717) is 17.4 Å². The molecule has 0 aromatic heterocycles. The number of ether oxygens (including phenoxy) is 2. The minimum Gasteiger partial charge on any atom is -0.496 e. The van der Waals surface area contributed by atoms with Crippen molar-refractivity contribution in [2.45, 2.75) is 18.9 Å². The van der Waals surface area contributed by atoms with Crippen LogP contribution in [-0.4, -0.2) is 19.3 Å². The van der Waals surface area contributed by atoms with E-state index in [1.54, 1.807) is 14.2 Å². The molecule has 1 aromatic carbocycles. The van der Waals surface area contributed by atoms with E-state index in [1.807, 2.05) is 18.2 Å². The molecular weight excluding hydrogens is 192 g/mol. The van der Waals surface area contributed by atoms with Crippen molar-refractivity contribution >= 4 is 0 Å². The summed E-state index contributed by atoms with van der Waals surface area (Å²) in [5.41, 5.74) is 0.782. The van der Waals surface area contributed by atoms with Gasteiger partial charge >= 0.3 is 0 Å². The van der Waals surface area contributed by atoms with E-state index in [-0.39, 0.29) is 0 Å². The first-order valence-corrected chi connectivity index (χ1v) is 5.17. The van der Waals surface area contributed by atoms with Crippen LogP contribution in [0.2, 0.25) is 0 Å². The highest BCUT2D eigenvalue weighted by Gasteiger charge is 2.34. The van der Waals surface area contributed by atoms with E-state index in [4.69, 9.17) is 9.47 Å². The molecule has 1 atom stereocenters. The van der Waals surface area contributed by atoms with E-state index < -0.39 is 6.10 Å². The molecule has 0 saturated heterocycles. The smallest absolute Gasteiger partial charge is 0.128 e. The zero-order valence-electron chi connectivity index (χ0n) is 9.06. The Morgan fingerprint density at radius 2 is 1.73 bits per heavy atom. The van der Waals surface area contributed by atoms with Gasteiger partial charge in [0, 0.05) is 0 Å². The number of methoxy groups -OCH3 is 2. The lowest BCUT2D eigenvalue weighted by atomic mass is 10.0. The van der Waals surface area contributed by atoms with Crippen molar-refractivity contribution in [2.24, 2.45) is 5.92 Å². The topological polar surface area (TPSA) is 38.7 Å². The number of hydrogen-bond donors (Lipinski definition) is 1. The molecule has 0 radical (unpaired) electrons. The van der Waals surface area contributed by atoms with Crippen LogP contribution in [0.1, 0.15) is 24.5 Å². The van der Waals surface area contributed by atoms with Gasteiger partial charge in [0.15, 0.2) is 0 Å². The Morgan fingerprint density at radius 1 is 1.20 bits per heavy atom. The van der Waals surface area contributed by atoms with Gasteiger partial charge in [-0.1, -0.05) is 6.07 Å². The Kier molecular flexibility index (Phi) is 2.82. The maximum Gasteiger partial charge on any atom is 0.128 e. The van der Waals surface area contributed by atoms with Gasteiger partial charge in [-0.05, 0) is 30.9 Å². The molecule has 1 unspecified atom stereocenters. The number of rotatable bonds is 4. The fraction of sp³-hybridized carbons (Fsp3) is 0.500. The molecular formula is C12H16O3. The van der Waals surface area contributed by atoms with E-state index in [1.165, 1.54) is 0 Å². The number of aliphatic hydroxyl groups is 1. The van der Waals surface area contributed by atoms with Crippen molar-refractivity contribution in [1.82, 2.24) is 0 Å².